The molecule has 1 unspecified atom stereocenters. The molecule has 1 aromatic carbocycles. The van der Waals surface area contributed by atoms with Crippen LogP contribution in [0.2, 0.25) is 0 Å². The molecule has 26 heavy (non-hydrogen) atoms. The fourth-order valence-corrected chi connectivity index (χ4v) is 3.88. The predicted molar refractivity (Wildman–Crippen MR) is 99.1 cm³/mol. The molecule has 0 saturated carbocycles. The standard InChI is InChI=1S/C20H26N4O2/c1-15-7-5-6-10-24(15)17-12-23(13-17)20(25)19-11-16(21-22-19)14-26-18-8-3-2-4-9-18/h2-4,8-9,11,15,17H,5-7,10,12-14H2,1H3,(H,21,22). The average Bonchev–Trinajstić information content (AvgIpc) is 3.10. The Morgan fingerprint density at radius 2 is 2.08 bits per heavy atom. The summed E-state index contributed by atoms with van der Waals surface area (Å²) in [6, 6.07) is 12.6. The molecule has 2 saturated heterocycles. The Morgan fingerprint density at radius 1 is 1.27 bits per heavy atom. The summed E-state index contributed by atoms with van der Waals surface area (Å²) in [6.07, 6.45) is 3.88. The number of carbonyl (C=O) groups excluding carboxylic acids is 1. The van der Waals surface area contributed by atoms with Crippen LogP contribution in [-0.4, -0.2) is 57.6 Å². The van der Waals surface area contributed by atoms with Crippen LogP contribution in [0.1, 0.15) is 42.4 Å². The second-order valence-corrected chi connectivity index (χ2v) is 7.33. The van der Waals surface area contributed by atoms with E-state index in [2.05, 4.69) is 22.0 Å². The Bertz CT molecular complexity index is 739. The summed E-state index contributed by atoms with van der Waals surface area (Å²) in [5.74, 6) is 0.810. The van der Waals surface area contributed by atoms with Gasteiger partial charge in [0.05, 0.1) is 5.69 Å². The molecule has 0 radical (unpaired) electrons. The van der Waals surface area contributed by atoms with E-state index in [1.807, 2.05) is 35.2 Å². The highest BCUT2D eigenvalue weighted by Gasteiger charge is 2.38. The van der Waals surface area contributed by atoms with Crippen LogP contribution in [0.3, 0.4) is 0 Å². The van der Waals surface area contributed by atoms with Gasteiger partial charge in [-0.3, -0.25) is 14.8 Å². The van der Waals surface area contributed by atoms with Crippen LogP contribution in [0.4, 0.5) is 0 Å². The van der Waals surface area contributed by atoms with Gasteiger partial charge in [0.25, 0.3) is 5.91 Å². The molecule has 1 aromatic heterocycles. The molecular formula is C20H26N4O2. The third-order valence-corrected chi connectivity index (χ3v) is 5.46. The number of ether oxygens (including phenoxy) is 1. The first-order valence-electron chi connectivity index (χ1n) is 9.48. The highest BCUT2D eigenvalue weighted by Crippen LogP contribution is 2.25. The van der Waals surface area contributed by atoms with E-state index in [1.165, 1.54) is 19.3 Å². The zero-order valence-electron chi connectivity index (χ0n) is 15.2. The molecule has 0 aliphatic carbocycles. The number of benzene rings is 1. The molecule has 3 heterocycles. The molecule has 0 bridgehead atoms. The van der Waals surface area contributed by atoms with E-state index in [1.54, 1.807) is 6.07 Å². The van der Waals surface area contributed by atoms with E-state index in [4.69, 9.17) is 4.74 Å². The molecule has 6 heteroatoms. The summed E-state index contributed by atoms with van der Waals surface area (Å²) in [5, 5.41) is 7.08. The number of nitrogens with one attached hydrogen (secondary N) is 1. The normalized spacial score (nSPS) is 21.4. The number of H-pyrrole nitrogens is 1. The van der Waals surface area contributed by atoms with Crippen LogP contribution >= 0.6 is 0 Å². The molecule has 1 atom stereocenters. The Balaban J connectivity index is 1.29. The fraction of sp³-hybridized carbons (Fsp3) is 0.500. The van der Waals surface area contributed by atoms with Crippen molar-refractivity contribution in [3.8, 4) is 5.75 Å². The van der Waals surface area contributed by atoms with Gasteiger partial charge >= 0.3 is 0 Å². The number of amides is 1. The minimum Gasteiger partial charge on any atom is -0.487 e. The van der Waals surface area contributed by atoms with Crippen molar-refractivity contribution >= 4 is 5.91 Å². The Kier molecular flexibility index (Phi) is 4.93. The average molecular weight is 354 g/mol. The molecule has 0 spiro atoms. The summed E-state index contributed by atoms with van der Waals surface area (Å²) < 4.78 is 5.69. The summed E-state index contributed by atoms with van der Waals surface area (Å²) in [4.78, 5) is 17.1. The number of aromatic amines is 1. The van der Waals surface area contributed by atoms with Crippen LogP contribution in [0, 0.1) is 0 Å². The van der Waals surface area contributed by atoms with E-state index in [0.29, 0.717) is 24.4 Å². The highest BCUT2D eigenvalue weighted by molar-refractivity contribution is 5.93. The number of likely N-dealkylation sites (tertiary alicyclic amines) is 2. The van der Waals surface area contributed by atoms with Crippen molar-refractivity contribution in [1.29, 1.82) is 0 Å². The summed E-state index contributed by atoms with van der Waals surface area (Å²) in [7, 11) is 0. The van der Waals surface area contributed by atoms with E-state index in [-0.39, 0.29) is 5.91 Å². The van der Waals surface area contributed by atoms with Gasteiger partial charge in [-0.15, -0.1) is 0 Å². The lowest BCUT2D eigenvalue weighted by Gasteiger charge is -2.49. The van der Waals surface area contributed by atoms with Gasteiger partial charge in [-0.05, 0) is 44.5 Å². The number of piperidine rings is 1. The van der Waals surface area contributed by atoms with Gasteiger partial charge in [-0.2, -0.15) is 5.10 Å². The van der Waals surface area contributed by atoms with Crippen molar-refractivity contribution in [2.45, 2.75) is 44.9 Å². The maximum absolute atomic E-state index is 12.6. The van der Waals surface area contributed by atoms with Crippen molar-refractivity contribution in [2.24, 2.45) is 0 Å². The Hall–Kier alpha value is -2.34. The van der Waals surface area contributed by atoms with Gasteiger partial charge in [-0.25, -0.2) is 0 Å². The Morgan fingerprint density at radius 3 is 2.85 bits per heavy atom. The van der Waals surface area contributed by atoms with E-state index in [0.717, 1.165) is 31.1 Å². The lowest BCUT2D eigenvalue weighted by molar-refractivity contribution is 0.00181. The molecule has 2 fully saturated rings. The number of rotatable bonds is 5. The maximum Gasteiger partial charge on any atom is 0.274 e. The number of para-hydroxylation sites is 1. The van der Waals surface area contributed by atoms with Crippen LogP contribution < -0.4 is 4.74 Å². The lowest BCUT2D eigenvalue weighted by Crippen LogP contribution is -2.63. The van der Waals surface area contributed by atoms with E-state index in [9.17, 15) is 4.79 Å². The fourth-order valence-electron chi connectivity index (χ4n) is 3.88. The third-order valence-electron chi connectivity index (χ3n) is 5.46. The van der Waals surface area contributed by atoms with Gasteiger partial charge in [0.2, 0.25) is 0 Å². The molecule has 2 aliphatic rings. The van der Waals surface area contributed by atoms with Gasteiger partial charge in [0.1, 0.15) is 12.4 Å². The minimum absolute atomic E-state index is 0.00752. The van der Waals surface area contributed by atoms with Crippen LogP contribution in [0.15, 0.2) is 36.4 Å². The molecule has 6 nitrogen and oxygen atoms in total. The first-order valence-corrected chi connectivity index (χ1v) is 9.48. The van der Waals surface area contributed by atoms with Gasteiger partial charge in [0.15, 0.2) is 5.69 Å². The summed E-state index contributed by atoms with van der Waals surface area (Å²) in [5.41, 5.74) is 1.28. The number of carbonyl (C=O) groups is 1. The minimum atomic E-state index is 0.00752. The van der Waals surface area contributed by atoms with Crippen molar-refractivity contribution in [1.82, 2.24) is 20.0 Å². The first kappa shape index (κ1) is 17.1. The van der Waals surface area contributed by atoms with Crippen LogP contribution in [-0.2, 0) is 6.61 Å². The molecule has 1 N–H and O–H groups in total. The first-order chi connectivity index (χ1) is 12.7. The van der Waals surface area contributed by atoms with Crippen molar-refractivity contribution in [3.05, 3.63) is 47.8 Å². The smallest absolute Gasteiger partial charge is 0.274 e. The lowest BCUT2D eigenvalue weighted by atomic mass is 9.97. The van der Waals surface area contributed by atoms with Crippen LogP contribution in [0.5, 0.6) is 5.75 Å². The van der Waals surface area contributed by atoms with Crippen molar-refractivity contribution in [3.63, 3.8) is 0 Å². The third kappa shape index (κ3) is 3.60. The van der Waals surface area contributed by atoms with Gasteiger partial charge in [0, 0.05) is 25.2 Å². The number of aromatic nitrogens is 2. The zero-order chi connectivity index (χ0) is 17.9. The van der Waals surface area contributed by atoms with Crippen molar-refractivity contribution in [2.75, 3.05) is 19.6 Å². The highest BCUT2D eigenvalue weighted by atomic mass is 16.5. The second-order valence-electron chi connectivity index (χ2n) is 7.33. The summed E-state index contributed by atoms with van der Waals surface area (Å²) >= 11 is 0. The second kappa shape index (κ2) is 7.50. The zero-order valence-corrected chi connectivity index (χ0v) is 15.2. The molecule has 138 valence electrons. The topological polar surface area (TPSA) is 61.5 Å². The Labute approximate surface area is 154 Å². The monoisotopic (exact) mass is 354 g/mol. The number of hydrogen-bond acceptors (Lipinski definition) is 4. The number of nitrogens with zero attached hydrogens (tertiary/aromatic N) is 3. The SMILES string of the molecule is CC1CCCCN1C1CN(C(=O)c2cc(COc3ccccc3)[nH]n2)C1. The van der Waals surface area contributed by atoms with E-state index < -0.39 is 0 Å². The van der Waals surface area contributed by atoms with Crippen molar-refractivity contribution < 1.29 is 9.53 Å². The molecule has 1 amide bonds. The maximum atomic E-state index is 12.6. The molecular weight excluding hydrogens is 328 g/mol. The molecule has 4 rings (SSSR count). The summed E-state index contributed by atoms with van der Waals surface area (Å²) in [6.45, 7) is 5.46. The predicted octanol–water partition coefficient (Wildman–Crippen LogP) is 2.69. The molecule has 2 aliphatic heterocycles. The quantitative estimate of drug-likeness (QED) is 0.897. The van der Waals surface area contributed by atoms with Gasteiger partial charge < -0.3 is 9.64 Å². The van der Waals surface area contributed by atoms with Crippen LogP contribution in [0.25, 0.3) is 0 Å². The van der Waals surface area contributed by atoms with Gasteiger partial charge in [-0.1, -0.05) is 24.6 Å². The largest absolute Gasteiger partial charge is 0.487 e. The number of hydrogen-bond donors (Lipinski definition) is 1. The molecule has 2 aromatic rings. The van der Waals surface area contributed by atoms with E-state index >= 15 is 0 Å².